The van der Waals surface area contributed by atoms with Gasteiger partial charge in [0.2, 0.25) is 0 Å². The Balaban J connectivity index is 1.64. The lowest BCUT2D eigenvalue weighted by Crippen LogP contribution is -2.58. The first-order chi connectivity index (χ1) is 11.9. The summed E-state index contributed by atoms with van der Waals surface area (Å²) < 4.78 is 5.95. The minimum absolute atomic E-state index is 0.0680. The van der Waals surface area contributed by atoms with Crippen LogP contribution in [-0.2, 0) is 9.53 Å². The van der Waals surface area contributed by atoms with Crippen molar-refractivity contribution in [2.45, 2.75) is 98.0 Å². The Bertz CT molecular complexity index is 528. The van der Waals surface area contributed by atoms with Gasteiger partial charge in [0.1, 0.15) is 6.10 Å². The van der Waals surface area contributed by atoms with Crippen molar-refractivity contribution in [3.63, 3.8) is 0 Å². The molecule has 0 aromatic heterocycles. The molecule has 0 saturated heterocycles. The summed E-state index contributed by atoms with van der Waals surface area (Å²) in [4.78, 5) is 11.8. The Morgan fingerprint density at radius 3 is 2.52 bits per heavy atom. The summed E-state index contributed by atoms with van der Waals surface area (Å²) in [6.07, 6.45) is 13.7. The molecule has 4 rings (SSSR count). The SMILES string of the molecule is CC[C@H]1CC[C@H]2[C@@H]3CC[C@@H]4CCCC(OC(C)=O)[C@]4(C)[C@H]3CC[C@]12C. The van der Waals surface area contributed by atoms with Gasteiger partial charge in [0, 0.05) is 12.3 Å². The zero-order chi connectivity index (χ0) is 17.8. The molecule has 0 heterocycles. The Morgan fingerprint density at radius 1 is 1.00 bits per heavy atom. The van der Waals surface area contributed by atoms with Gasteiger partial charge in [-0.3, -0.25) is 4.79 Å². The van der Waals surface area contributed by atoms with Gasteiger partial charge in [0.25, 0.3) is 0 Å². The van der Waals surface area contributed by atoms with Crippen LogP contribution in [0.25, 0.3) is 0 Å². The van der Waals surface area contributed by atoms with E-state index < -0.39 is 0 Å². The van der Waals surface area contributed by atoms with Crippen LogP contribution in [0, 0.1) is 40.4 Å². The standard InChI is InChI=1S/C23H38O2/c1-5-16-10-12-19-18-11-9-17-7-6-8-21(25-15(2)24)23(17,4)20(18)13-14-22(16,19)3/h16-21H,5-14H2,1-4H3/t16-,17-,18-,19-,20-,21?,22+,23-/m0/s1. The highest BCUT2D eigenvalue weighted by Gasteiger charge is 2.62. The molecule has 4 fully saturated rings. The van der Waals surface area contributed by atoms with Crippen molar-refractivity contribution in [2.24, 2.45) is 40.4 Å². The maximum atomic E-state index is 11.8. The van der Waals surface area contributed by atoms with Gasteiger partial charge in [-0.05, 0) is 92.8 Å². The molecule has 0 N–H and O–H groups in total. The third kappa shape index (κ3) is 2.52. The van der Waals surface area contributed by atoms with E-state index in [0.29, 0.717) is 5.41 Å². The van der Waals surface area contributed by atoms with E-state index in [1.54, 1.807) is 6.92 Å². The summed E-state index contributed by atoms with van der Waals surface area (Å²) in [6, 6.07) is 0. The van der Waals surface area contributed by atoms with Crippen LogP contribution in [0.4, 0.5) is 0 Å². The van der Waals surface area contributed by atoms with Crippen molar-refractivity contribution in [3.05, 3.63) is 0 Å². The molecule has 0 aliphatic heterocycles. The lowest BCUT2D eigenvalue weighted by atomic mass is 9.44. The van der Waals surface area contributed by atoms with Crippen molar-refractivity contribution in [1.82, 2.24) is 0 Å². The lowest BCUT2D eigenvalue weighted by molar-refractivity contribution is -0.189. The van der Waals surface area contributed by atoms with Gasteiger partial charge in [-0.1, -0.05) is 27.2 Å². The molecule has 2 nitrogen and oxygen atoms in total. The fourth-order valence-corrected chi connectivity index (χ4v) is 8.45. The van der Waals surface area contributed by atoms with Crippen molar-refractivity contribution in [3.8, 4) is 0 Å². The Morgan fingerprint density at radius 2 is 1.80 bits per heavy atom. The molecule has 0 radical (unpaired) electrons. The van der Waals surface area contributed by atoms with E-state index in [9.17, 15) is 4.79 Å². The fourth-order valence-electron chi connectivity index (χ4n) is 8.45. The Hall–Kier alpha value is -0.530. The van der Waals surface area contributed by atoms with Gasteiger partial charge in [-0.2, -0.15) is 0 Å². The Kier molecular flexibility index (Phi) is 4.48. The molecule has 0 aromatic rings. The summed E-state index contributed by atoms with van der Waals surface area (Å²) in [6.45, 7) is 9.14. The van der Waals surface area contributed by atoms with Crippen LogP contribution < -0.4 is 0 Å². The summed E-state index contributed by atoms with van der Waals surface area (Å²) in [5, 5.41) is 0. The topological polar surface area (TPSA) is 26.3 Å². The minimum Gasteiger partial charge on any atom is -0.462 e. The summed E-state index contributed by atoms with van der Waals surface area (Å²) in [5.74, 6) is 4.24. The number of hydrogen-bond donors (Lipinski definition) is 0. The molecule has 0 bridgehead atoms. The Labute approximate surface area is 154 Å². The predicted molar refractivity (Wildman–Crippen MR) is 101 cm³/mol. The summed E-state index contributed by atoms with van der Waals surface area (Å²) in [5.41, 5.74) is 0.823. The number of carbonyl (C=O) groups excluding carboxylic acids is 1. The smallest absolute Gasteiger partial charge is 0.302 e. The number of hydrogen-bond acceptors (Lipinski definition) is 2. The average molecular weight is 347 g/mol. The van der Waals surface area contributed by atoms with Crippen LogP contribution in [0.2, 0.25) is 0 Å². The number of esters is 1. The van der Waals surface area contributed by atoms with Crippen LogP contribution in [0.1, 0.15) is 91.9 Å². The molecule has 4 aliphatic rings. The molecule has 4 aliphatic carbocycles. The quantitative estimate of drug-likeness (QED) is 0.574. The first-order valence-electron chi connectivity index (χ1n) is 11.1. The third-order valence-corrected chi connectivity index (χ3v) is 9.67. The van der Waals surface area contributed by atoms with Crippen LogP contribution in [-0.4, -0.2) is 12.1 Å². The second kappa shape index (κ2) is 6.27. The second-order valence-electron chi connectivity index (χ2n) is 10.3. The van der Waals surface area contributed by atoms with E-state index in [4.69, 9.17) is 4.74 Å². The van der Waals surface area contributed by atoms with E-state index >= 15 is 0 Å². The maximum Gasteiger partial charge on any atom is 0.302 e. The van der Waals surface area contributed by atoms with Gasteiger partial charge in [-0.25, -0.2) is 0 Å². The van der Waals surface area contributed by atoms with Gasteiger partial charge >= 0.3 is 5.97 Å². The third-order valence-electron chi connectivity index (χ3n) is 9.67. The highest BCUT2D eigenvalue weighted by Crippen LogP contribution is 2.68. The number of fused-ring (bicyclic) bond motifs is 5. The van der Waals surface area contributed by atoms with Gasteiger partial charge < -0.3 is 4.74 Å². The van der Waals surface area contributed by atoms with E-state index in [-0.39, 0.29) is 17.5 Å². The van der Waals surface area contributed by atoms with Crippen molar-refractivity contribution < 1.29 is 9.53 Å². The molecular formula is C23H38O2. The maximum absolute atomic E-state index is 11.8. The number of rotatable bonds is 2. The van der Waals surface area contributed by atoms with Crippen molar-refractivity contribution >= 4 is 5.97 Å². The molecule has 4 saturated carbocycles. The van der Waals surface area contributed by atoms with E-state index in [1.165, 1.54) is 57.8 Å². The van der Waals surface area contributed by atoms with Gasteiger partial charge in [0.05, 0.1) is 0 Å². The molecule has 0 aromatic carbocycles. The molecular weight excluding hydrogens is 308 g/mol. The molecule has 2 heteroatoms. The number of ether oxygens (including phenoxy) is 1. The minimum atomic E-state index is -0.0680. The largest absolute Gasteiger partial charge is 0.462 e. The summed E-state index contributed by atoms with van der Waals surface area (Å²) in [7, 11) is 0. The van der Waals surface area contributed by atoms with Crippen LogP contribution >= 0.6 is 0 Å². The predicted octanol–water partition coefficient (Wildman–Crippen LogP) is 5.99. The van der Waals surface area contributed by atoms with Crippen LogP contribution in [0.5, 0.6) is 0 Å². The zero-order valence-corrected chi connectivity index (χ0v) is 16.9. The highest BCUT2D eigenvalue weighted by molar-refractivity contribution is 5.66. The molecule has 0 amide bonds. The van der Waals surface area contributed by atoms with Crippen molar-refractivity contribution in [2.75, 3.05) is 0 Å². The second-order valence-corrected chi connectivity index (χ2v) is 10.3. The first-order valence-corrected chi connectivity index (χ1v) is 11.1. The normalized spacial score (nSPS) is 52.0. The highest BCUT2D eigenvalue weighted by atomic mass is 16.5. The molecule has 0 spiro atoms. The average Bonchev–Trinajstić information content (AvgIpc) is 2.91. The lowest BCUT2D eigenvalue weighted by Gasteiger charge is -2.62. The first kappa shape index (κ1) is 17.9. The van der Waals surface area contributed by atoms with Crippen LogP contribution in [0.15, 0.2) is 0 Å². The fraction of sp³-hybridized carbons (Fsp3) is 0.957. The van der Waals surface area contributed by atoms with Crippen molar-refractivity contribution in [1.29, 1.82) is 0 Å². The number of carbonyl (C=O) groups is 1. The molecule has 25 heavy (non-hydrogen) atoms. The summed E-state index contributed by atoms with van der Waals surface area (Å²) >= 11 is 0. The van der Waals surface area contributed by atoms with E-state index in [1.807, 2.05) is 0 Å². The van der Waals surface area contributed by atoms with Crippen LogP contribution in [0.3, 0.4) is 0 Å². The molecule has 1 unspecified atom stereocenters. The van der Waals surface area contributed by atoms with Gasteiger partial charge in [-0.15, -0.1) is 0 Å². The molecule has 142 valence electrons. The monoisotopic (exact) mass is 346 g/mol. The van der Waals surface area contributed by atoms with E-state index in [2.05, 4.69) is 20.8 Å². The molecule has 8 atom stereocenters. The van der Waals surface area contributed by atoms with Gasteiger partial charge in [0.15, 0.2) is 0 Å². The van der Waals surface area contributed by atoms with E-state index in [0.717, 1.165) is 36.0 Å². The zero-order valence-electron chi connectivity index (χ0n) is 16.9.